The molecule has 1 aliphatic rings. The second-order valence-corrected chi connectivity index (χ2v) is 13.5. The zero-order valence-corrected chi connectivity index (χ0v) is 28.1. The summed E-state index contributed by atoms with van der Waals surface area (Å²) in [6.45, 7) is 4.02. The number of benzene rings is 3. The summed E-state index contributed by atoms with van der Waals surface area (Å²) >= 11 is 6.02. The van der Waals surface area contributed by atoms with Crippen molar-refractivity contribution in [2.75, 3.05) is 20.8 Å². The third-order valence-corrected chi connectivity index (χ3v) is 9.97. The quantitative estimate of drug-likeness (QED) is 0.124. The maximum Gasteiger partial charge on any atom is 0.340 e. The van der Waals surface area contributed by atoms with E-state index in [1.165, 1.54) is 41.8 Å². The molecule has 0 saturated heterocycles. The predicted octanol–water partition coefficient (Wildman–Crippen LogP) is 6.56. The standard InChI is InChI=1S/C36H35ClN2O7S/c1-24-5-7-27(8-6-24)22-38(47(42,43)32-17-11-28(37)12-18-32)23-31-16-15-30(46-31)21-33-34(36(41)45-4)25(2)39(35(33)40)20-19-26-9-13-29(44-3)14-10-26/h5-18,21H,19-20,22-23H2,1-4H3/b33-21+. The third-order valence-electron chi connectivity index (χ3n) is 7.92. The maximum absolute atomic E-state index is 13.8. The van der Waals surface area contributed by atoms with Crippen LogP contribution in [0.1, 0.15) is 35.1 Å². The van der Waals surface area contributed by atoms with Crippen LogP contribution in [0.25, 0.3) is 6.08 Å². The second-order valence-electron chi connectivity index (χ2n) is 11.1. The first kappa shape index (κ1) is 33.7. The van der Waals surface area contributed by atoms with Gasteiger partial charge in [-0.25, -0.2) is 13.2 Å². The molecule has 9 nitrogen and oxygen atoms in total. The molecular weight excluding hydrogens is 640 g/mol. The molecule has 0 saturated carbocycles. The molecule has 0 unspecified atom stereocenters. The van der Waals surface area contributed by atoms with Crippen LogP contribution in [-0.2, 0) is 43.9 Å². The van der Waals surface area contributed by atoms with Crippen molar-refractivity contribution in [2.24, 2.45) is 0 Å². The fourth-order valence-electron chi connectivity index (χ4n) is 5.28. The number of amides is 1. The minimum absolute atomic E-state index is 0.0807. The zero-order valence-electron chi connectivity index (χ0n) is 26.5. The summed E-state index contributed by atoms with van der Waals surface area (Å²) in [5.41, 5.74) is 3.62. The van der Waals surface area contributed by atoms with E-state index in [0.29, 0.717) is 29.4 Å². The van der Waals surface area contributed by atoms with E-state index in [4.69, 9.17) is 25.5 Å². The van der Waals surface area contributed by atoms with Crippen molar-refractivity contribution >= 4 is 39.6 Å². The van der Waals surface area contributed by atoms with Crippen LogP contribution < -0.4 is 4.74 Å². The number of hydrogen-bond donors (Lipinski definition) is 0. The first-order valence-corrected chi connectivity index (χ1v) is 16.7. The highest BCUT2D eigenvalue weighted by Gasteiger charge is 2.37. The van der Waals surface area contributed by atoms with Gasteiger partial charge in [-0.2, -0.15) is 4.31 Å². The van der Waals surface area contributed by atoms with Crippen LogP contribution in [0.5, 0.6) is 5.75 Å². The molecule has 4 aromatic rings. The number of aryl methyl sites for hydroxylation is 1. The van der Waals surface area contributed by atoms with Crippen molar-refractivity contribution in [2.45, 2.75) is 38.3 Å². The smallest absolute Gasteiger partial charge is 0.340 e. The van der Waals surface area contributed by atoms with E-state index in [9.17, 15) is 18.0 Å². The predicted molar refractivity (Wildman–Crippen MR) is 179 cm³/mol. The molecule has 11 heteroatoms. The Bertz CT molecular complexity index is 1930. The van der Waals surface area contributed by atoms with Gasteiger partial charge in [0, 0.05) is 23.8 Å². The van der Waals surface area contributed by atoms with Crippen LogP contribution in [0.2, 0.25) is 5.02 Å². The van der Waals surface area contributed by atoms with E-state index < -0.39 is 16.0 Å². The summed E-state index contributed by atoms with van der Waals surface area (Å²) in [5, 5.41) is 0.425. The van der Waals surface area contributed by atoms with Crippen LogP contribution >= 0.6 is 11.6 Å². The number of carbonyl (C=O) groups is 2. The van der Waals surface area contributed by atoms with Gasteiger partial charge in [-0.1, -0.05) is 53.6 Å². The lowest BCUT2D eigenvalue weighted by atomic mass is 10.1. The molecule has 47 heavy (non-hydrogen) atoms. The molecular formula is C36H35ClN2O7S. The Morgan fingerprint density at radius 1 is 0.894 bits per heavy atom. The van der Waals surface area contributed by atoms with Gasteiger partial charge >= 0.3 is 5.97 Å². The molecule has 0 bridgehead atoms. The molecule has 2 heterocycles. The highest BCUT2D eigenvalue weighted by Crippen LogP contribution is 2.33. The van der Waals surface area contributed by atoms with Crippen molar-refractivity contribution in [1.82, 2.24) is 9.21 Å². The molecule has 5 rings (SSSR count). The van der Waals surface area contributed by atoms with Crippen molar-refractivity contribution in [1.29, 1.82) is 0 Å². The SMILES string of the molecule is COC(=O)C1=C(C)N(CCc2ccc(OC)cc2)C(=O)/C1=C/c1ccc(CN(Cc2ccc(C)cc2)S(=O)(=O)c2ccc(Cl)cc2)o1. The molecule has 244 valence electrons. The van der Waals surface area contributed by atoms with E-state index in [1.807, 2.05) is 55.5 Å². The van der Waals surface area contributed by atoms with Crippen molar-refractivity contribution in [3.05, 3.63) is 135 Å². The van der Waals surface area contributed by atoms with Gasteiger partial charge in [0.1, 0.15) is 17.3 Å². The number of rotatable bonds is 12. The number of carbonyl (C=O) groups excluding carboxylic acids is 2. The summed E-state index contributed by atoms with van der Waals surface area (Å²) in [7, 11) is -1.09. The van der Waals surface area contributed by atoms with Gasteiger partial charge in [0.05, 0.1) is 36.8 Å². The Hall–Kier alpha value is -4.64. The normalized spacial score (nSPS) is 14.4. The third kappa shape index (κ3) is 7.68. The first-order valence-electron chi connectivity index (χ1n) is 14.9. The van der Waals surface area contributed by atoms with E-state index >= 15 is 0 Å². The number of halogens is 1. The van der Waals surface area contributed by atoms with E-state index in [2.05, 4.69) is 0 Å². The fourth-order valence-corrected chi connectivity index (χ4v) is 6.80. The van der Waals surface area contributed by atoms with Gasteiger partial charge in [-0.05, 0) is 86.0 Å². The van der Waals surface area contributed by atoms with Crippen molar-refractivity contribution in [3.63, 3.8) is 0 Å². The monoisotopic (exact) mass is 674 g/mol. The molecule has 0 aliphatic carbocycles. The number of sulfonamides is 1. The van der Waals surface area contributed by atoms with Gasteiger partial charge in [0.15, 0.2) is 0 Å². The average molecular weight is 675 g/mol. The highest BCUT2D eigenvalue weighted by molar-refractivity contribution is 7.89. The Labute approximate surface area is 279 Å². The van der Waals surface area contributed by atoms with Gasteiger partial charge < -0.3 is 18.8 Å². The highest BCUT2D eigenvalue weighted by atomic mass is 35.5. The Balaban J connectivity index is 1.41. The zero-order chi connectivity index (χ0) is 33.7. The van der Waals surface area contributed by atoms with Crippen molar-refractivity contribution < 1.29 is 31.9 Å². The minimum atomic E-state index is -3.95. The number of furan rings is 1. The summed E-state index contributed by atoms with van der Waals surface area (Å²) in [5.74, 6) is 0.371. The van der Waals surface area contributed by atoms with E-state index in [0.717, 1.165) is 22.4 Å². The molecule has 0 fully saturated rings. The number of esters is 1. The van der Waals surface area contributed by atoms with Gasteiger partial charge in [-0.3, -0.25) is 4.79 Å². The lowest BCUT2D eigenvalue weighted by molar-refractivity contribution is -0.136. The molecule has 1 amide bonds. The average Bonchev–Trinajstić information content (AvgIpc) is 3.61. The van der Waals surface area contributed by atoms with Crippen LogP contribution in [-0.4, -0.2) is 50.3 Å². The van der Waals surface area contributed by atoms with Crippen LogP contribution in [0, 0.1) is 6.92 Å². The lowest BCUT2D eigenvalue weighted by Crippen LogP contribution is -2.30. The molecule has 3 aromatic carbocycles. The fraction of sp³-hybridized carbons (Fsp3) is 0.222. The summed E-state index contributed by atoms with van der Waals surface area (Å²) < 4.78 is 45.2. The molecule has 1 aliphatic heterocycles. The topological polar surface area (TPSA) is 106 Å². The Morgan fingerprint density at radius 2 is 1.55 bits per heavy atom. The van der Waals surface area contributed by atoms with E-state index in [-0.39, 0.29) is 40.8 Å². The van der Waals surface area contributed by atoms with E-state index in [1.54, 1.807) is 31.1 Å². The van der Waals surface area contributed by atoms with Crippen molar-refractivity contribution in [3.8, 4) is 5.75 Å². The van der Waals surface area contributed by atoms with Gasteiger partial charge in [-0.15, -0.1) is 0 Å². The lowest BCUT2D eigenvalue weighted by Gasteiger charge is -2.21. The Morgan fingerprint density at radius 3 is 2.19 bits per heavy atom. The summed E-state index contributed by atoms with van der Waals surface area (Å²) in [6.07, 6.45) is 2.05. The van der Waals surface area contributed by atoms with Crippen LogP contribution in [0.4, 0.5) is 0 Å². The summed E-state index contributed by atoms with van der Waals surface area (Å²) in [4.78, 5) is 28.1. The number of nitrogens with zero attached hydrogens (tertiary/aromatic N) is 2. The summed E-state index contributed by atoms with van der Waals surface area (Å²) in [6, 6.07) is 24.5. The molecule has 0 atom stereocenters. The second kappa shape index (κ2) is 14.4. The van der Waals surface area contributed by atoms with Crippen LogP contribution in [0.3, 0.4) is 0 Å². The first-order chi connectivity index (χ1) is 22.5. The number of allylic oxidation sites excluding steroid dienone is 1. The largest absolute Gasteiger partial charge is 0.497 e. The van der Waals surface area contributed by atoms with Crippen LogP contribution in [0.15, 0.2) is 111 Å². The number of hydrogen-bond acceptors (Lipinski definition) is 7. The number of ether oxygens (including phenoxy) is 2. The minimum Gasteiger partial charge on any atom is -0.497 e. The molecule has 1 aromatic heterocycles. The number of methoxy groups -OCH3 is 2. The van der Waals surface area contributed by atoms with Gasteiger partial charge in [0.2, 0.25) is 10.0 Å². The molecule has 0 radical (unpaired) electrons. The van der Waals surface area contributed by atoms with Gasteiger partial charge in [0.25, 0.3) is 5.91 Å². The molecule has 0 N–H and O–H groups in total. The molecule has 0 spiro atoms. The Kier molecular flexibility index (Phi) is 10.3. The maximum atomic E-state index is 13.8.